The van der Waals surface area contributed by atoms with Crippen molar-refractivity contribution < 1.29 is 9.90 Å². The Bertz CT molecular complexity index is 215. The van der Waals surface area contributed by atoms with Gasteiger partial charge < -0.3 is 10.0 Å². The summed E-state index contributed by atoms with van der Waals surface area (Å²) in [6.45, 7) is 7.73. The first-order valence-electron chi connectivity index (χ1n) is 6.34. The topological polar surface area (TPSA) is 43.8 Å². The van der Waals surface area contributed by atoms with Crippen molar-refractivity contribution in [2.75, 3.05) is 32.8 Å². The van der Waals surface area contributed by atoms with Crippen LogP contribution in [0.15, 0.2) is 0 Å². The Morgan fingerprint density at radius 2 is 2.06 bits per heavy atom. The summed E-state index contributed by atoms with van der Waals surface area (Å²) in [5.74, 6) is 0.247. The minimum atomic E-state index is -0.0466. The van der Waals surface area contributed by atoms with E-state index in [1.165, 1.54) is 0 Å². The van der Waals surface area contributed by atoms with Crippen LogP contribution in [0, 0.1) is 0 Å². The SMILES string of the molecule is CCN(CCCO)C(C)C(=O)N1CCCC1. The summed E-state index contributed by atoms with van der Waals surface area (Å²) in [6.07, 6.45) is 3.02. The number of aliphatic hydroxyl groups is 1. The number of rotatable bonds is 6. The van der Waals surface area contributed by atoms with Gasteiger partial charge in [0.1, 0.15) is 0 Å². The van der Waals surface area contributed by atoms with Crippen molar-refractivity contribution in [2.45, 2.75) is 39.2 Å². The molecule has 0 aromatic rings. The van der Waals surface area contributed by atoms with Crippen molar-refractivity contribution in [1.29, 1.82) is 0 Å². The van der Waals surface area contributed by atoms with E-state index in [0.717, 1.165) is 45.4 Å². The Hall–Kier alpha value is -0.610. The van der Waals surface area contributed by atoms with Crippen molar-refractivity contribution in [3.05, 3.63) is 0 Å². The van der Waals surface area contributed by atoms with E-state index in [9.17, 15) is 4.79 Å². The molecular formula is C12H24N2O2. The van der Waals surface area contributed by atoms with Crippen LogP contribution in [0.25, 0.3) is 0 Å². The molecule has 4 heteroatoms. The van der Waals surface area contributed by atoms with Gasteiger partial charge in [0.05, 0.1) is 6.04 Å². The number of carbonyl (C=O) groups excluding carboxylic acids is 1. The fourth-order valence-corrected chi connectivity index (χ4v) is 2.26. The van der Waals surface area contributed by atoms with Gasteiger partial charge in [-0.3, -0.25) is 9.69 Å². The quantitative estimate of drug-likeness (QED) is 0.728. The molecule has 1 atom stereocenters. The Balaban J connectivity index is 2.45. The van der Waals surface area contributed by atoms with Gasteiger partial charge in [-0.25, -0.2) is 0 Å². The zero-order chi connectivity index (χ0) is 12.0. The molecule has 1 aliphatic heterocycles. The summed E-state index contributed by atoms with van der Waals surface area (Å²) in [7, 11) is 0. The monoisotopic (exact) mass is 228 g/mol. The highest BCUT2D eigenvalue weighted by Gasteiger charge is 2.26. The van der Waals surface area contributed by atoms with Gasteiger partial charge in [-0.2, -0.15) is 0 Å². The van der Waals surface area contributed by atoms with Gasteiger partial charge in [-0.05, 0) is 32.7 Å². The van der Waals surface area contributed by atoms with Gasteiger partial charge in [0, 0.05) is 26.2 Å². The standard InChI is InChI=1S/C12H24N2O2/c1-3-13(9-6-10-15)11(2)12(16)14-7-4-5-8-14/h11,15H,3-10H2,1-2H3. The number of hydrogen-bond donors (Lipinski definition) is 1. The Kier molecular flexibility index (Phi) is 5.77. The number of likely N-dealkylation sites (tertiary alicyclic amines) is 1. The molecule has 16 heavy (non-hydrogen) atoms. The molecule has 0 aliphatic carbocycles. The summed E-state index contributed by atoms with van der Waals surface area (Å²) in [4.78, 5) is 16.2. The van der Waals surface area contributed by atoms with E-state index in [1.807, 2.05) is 11.8 Å². The number of amides is 1. The summed E-state index contributed by atoms with van der Waals surface area (Å²) < 4.78 is 0. The second-order valence-electron chi connectivity index (χ2n) is 4.41. The zero-order valence-electron chi connectivity index (χ0n) is 10.5. The maximum Gasteiger partial charge on any atom is 0.239 e. The third-order valence-corrected chi connectivity index (χ3v) is 3.33. The molecule has 1 fully saturated rings. The van der Waals surface area contributed by atoms with E-state index in [4.69, 9.17) is 5.11 Å². The molecule has 1 amide bonds. The van der Waals surface area contributed by atoms with Crippen molar-refractivity contribution in [3.63, 3.8) is 0 Å². The van der Waals surface area contributed by atoms with Crippen LogP contribution in [0.3, 0.4) is 0 Å². The summed E-state index contributed by atoms with van der Waals surface area (Å²) in [6, 6.07) is -0.0466. The normalized spacial score (nSPS) is 18.1. The second-order valence-corrected chi connectivity index (χ2v) is 4.41. The number of hydrogen-bond acceptors (Lipinski definition) is 3. The van der Waals surface area contributed by atoms with Crippen LogP contribution >= 0.6 is 0 Å². The number of likely N-dealkylation sites (N-methyl/N-ethyl adjacent to an activating group) is 1. The molecule has 0 aromatic carbocycles. The Morgan fingerprint density at radius 3 is 2.56 bits per heavy atom. The average Bonchev–Trinajstić information content (AvgIpc) is 2.82. The highest BCUT2D eigenvalue weighted by molar-refractivity contribution is 5.81. The largest absolute Gasteiger partial charge is 0.396 e. The third kappa shape index (κ3) is 3.46. The zero-order valence-corrected chi connectivity index (χ0v) is 10.5. The molecular weight excluding hydrogens is 204 g/mol. The van der Waals surface area contributed by atoms with E-state index < -0.39 is 0 Å². The smallest absolute Gasteiger partial charge is 0.239 e. The maximum atomic E-state index is 12.1. The minimum Gasteiger partial charge on any atom is -0.396 e. The van der Waals surface area contributed by atoms with Crippen LogP contribution < -0.4 is 0 Å². The number of aliphatic hydroxyl groups excluding tert-OH is 1. The van der Waals surface area contributed by atoms with E-state index in [1.54, 1.807) is 0 Å². The summed E-state index contributed by atoms with van der Waals surface area (Å²) >= 11 is 0. The average molecular weight is 228 g/mol. The van der Waals surface area contributed by atoms with Gasteiger partial charge >= 0.3 is 0 Å². The molecule has 0 spiro atoms. The van der Waals surface area contributed by atoms with E-state index in [2.05, 4.69) is 11.8 Å². The Labute approximate surface area is 98.2 Å². The lowest BCUT2D eigenvalue weighted by Crippen LogP contribution is -2.46. The molecule has 1 saturated heterocycles. The predicted molar refractivity (Wildman–Crippen MR) is 64.2 cm³/mol. The predicted octanol–water partition coefficient (Wildman–Crippen LogP) is 0.702. The first-order chi connectivity index (χ1) is 7.70. The van der Waals surface area contributed by atoms with Crippen LogP contribution in [-0.2, 0) is 4.79 Å². The van der Waals surface area contributed by atoms with Crippen LogP contribution in [0.5, 0.6) is 0 Å². The van der Waals surface area contributed by atoms with E-state index in [-0.39, 0.29) is 18.6 Å². The molecule has 0 radical (unpaired) electrons. The molecule has 0 saturated carbocycles. The van der Waals surface area contributed by atoms with Crippen LogP contribution in [-0.4, -0.2) is 59.6 Å². The van der Waals surface area contributed by atoms with Crippen LogP contribution in [0.2, 0.25) is 0 Å². The number of nitrogens with zero attached hydrogens (tertiary/aromatic N) is 2. The van der Waals surface area contributed by atoms with Gasteiger partial charge in [0.2, 0.25) is 5.91 Å². The summed E-state index contributed by atoms with van der Waals surface area (Å²) in [5, 5.41) is 8.82. The maximum absolute atomic E-state index is 12.1. The molecule has 1 rings (SSSR count). The molecule has 0 aromatic heterocycles. The van der Waals surface area contributed by atoms with Gasteiger partial charge in [-0.15, -0.1) is 0 Å². The molecule has 94 valence electrons. The molecule has 1 heterocycles. The molecule has 0 bridgehead atoms. The number of carbonyl (C=O) groups is 1. The molecule has 1 aliphatic rings. The lowest BCUT2D eigenvalue weighted by molar-refractivity contribution is -0.135. The minimum absolute atomic E-state index is 0.0466. The van der Waals surface area contributed by atoms with Crippen LogP contribution in [0.4, 0.5) is 0 Å². The molecule has 1 N–H and O–H groups in total. The van der Waals surface area contributed by atoms with E-state index >= 15 is 0 Å². The highest BCUT2D eigenvalue weighted by Crippen LogP contribution is 2.12. The first-order valence-corrected chi connectivity index (χ1v) is 6.34. The fraction of sp³-hybridized carbons (Fsp3) is 0.917. The lowest BCUT2D eigenvalue weighted by atomic mass is 10.2. The van der Waals surface area contributed by atoms with Gasteiger partial charge in [0.15, 0.2) is 0 Å². The van der Waals surface area contributed by atoms with E-state index in [0.29, 0.717) is 0 Å². The third-order valence-electron chi connectivity index (χ3n) is 3.33. The van der Waals surface area contributed by atoms with Crippen molar-refractivity contribution >= 4 is 5.91 Å². The van der Waals surface area contributed by atoms with Gasteiger partial charge in [-0.1, -0.05) is 6.92 Å². The Morgan fingerprint density at radius 1 is 1.44 bits per heavy atom. The molecule has 1 unspecified atom stereocenters. The fourth-order valence-electron chi connectivity index (χ4n) is 2.26. The lowest BCUT2D eigenvalue weighted by Gasteiger charge is -2.29. The van der Waals surface area contributed by atoms with Crippen molar-refractivity contribution in [3.8, 4) is 0 Å². The van der Waals surface area contributed by atoms with Crippen molar-refractivity contribution in [2.24, 2.45) is 0 Å². The van der Waals surface area contributed by atoms with Crippen molar-refractivity contribution in [1.82, 2.24) is 9.80 Å². The summed E-state index contributed by atoms with van der Waals surface area (Å²) in [5.41, 5.74) is 0. The second kappa shape index (κ2) is 6.86. The first kappa shape index (κ1) is 13.5. The molecule has 4 nitrogen and oxygen atoms in total. The van der Waals surface area contributed by atoms with Gasteiger partial charge in [0.25, 0.3) is 0 Å². The van der Waals surface area contributed by atoms with Crippen LogP contribution in [0.1, 0.15) is 33.1 Å². The highest BCUT2D eigenvalue weighted by atomic mass is 16.3.